The van der Waals surface area contributed by atoms with Gasteiger partial charge in [0, 0.05) is 44.9 Å². The summed E-state index contributed by atoms with van der Waals surface area (Å²) < 4.78 is 16.3. The van der Waals surface area contributed by atoms with Crippen LogP contribution in [-0.4, -0.2) is 52.8 Å². The zero-order chi connectivity index (χ0) is 19.6. The molecule has 0 heterocycles. The molecule has 2 aromatic rings. The van der Waals surface area contributed by atoms with Gasteiger partial charge in [-0.1, -0.05) is 30.3 Å². The molecule has 2 rings (SSSR count). The van der Waals surface area contributed by atoms with Crippen molar-refractivity contribution in [2.45, 2.75) is 13.0 Å². The SMILES string of the molecule is CN=C(NCCc1c(OC)cc(OC)cc1OC)N(C)Cc1ccccc1. The summed E-state index contributed by atoms with van der Waals surface area (Å²) in [5, 5.41) is 3.40. The van der Waals surface area contributed by atoms with Gasteiger partial charge >= 0.3 is 0 Å². The van der Waals surface area contributed by atoms with Crippen molar-refractivity contribution in [1.82, 2.24) is 10.2 Å². The molecular weight excluding hydrogens is 342 g/mol. The highest BCUT2D eigenvalue weighted by molar-refractivity contribution is 5.79. The summed E-state index contributed by atoms with van der Waals surface area (Å²) in [5.74, 6) is 3.05. The molecule has 6 heteroatoms. The van der Waals surface area contributed by atoms with Crippen LogP contribution < -0.4 is 19.5 Å². The second-order valence-electron chi connectivity index (χ2n) is 6.08. The zero-order valence-electron chi connectivity index (χ0n) is 16.8. The lowest BCUT2D eigenvalue weighted by Gasteiger charge is -2.22. The highest BCUT2D eigenvalue weighted by Gasteiger charge is 2.14. The maximum atomic E-state index is 5.51. The van der Waals surface area contributed by atoms with Gasteiger partial charge in [0.25, 0.3) is 0 Å². The highest BCUT2D eigenvalue weighted by atomic mass is 16.5. The molecule has 0 atom stereocenters. The number of guanidine groups is 1. The molecule has 0 aliphatic rings. The number of nitrogens with one attached hydrogen (secondary N) is 1. The number of methoxy groups -OCH3 is 3. The molecule has 0 aromatic heterocycles. The smallest absolute Gasteiger partial charge is 0.193 e. The Morgan fingerprint density at radius 2 is 1.63 bits per heavy atom. The Labute approximate surface area is 161 Å². The Balaban J connectivity index is 2.01. The third-order valence-electron chi connectivity index (χ3n) is 4.31. The minimum absolute atomic E-state index is 0.699. The van der Waals surface area contributed by atoms with Gasteiger partial charge in [-0.2, -0.15) is 0 Å². The second kappa shape index (κ2) is 10.3. The summed E-state index contributed by atoms with van der Waals surface area (Å²) in [6, 6.07) is 14.1. The fraction of sp³-hybridized carbons (Fsp3) is 0.381. The van der Waals surface area contributed by atoms with Crippen LogP contribution in [0.3, 0.4) is 0 Å². The van der Waals surface area contributed by atoms with Gasteiger partial charge in [0.05, 0.1) is 21.3 Å². The van der Waals surface area contributed by atoms with Crippen molar-refractivity contribution < 1.29 is 14.2 Å². The first-order chi connectivity index (χ1) is 13.1. The van der Waals surface area contributed by atoms with E-state index in [4.69, 9.17) is 14.2 Å². The van der Waals surface area contributed by atoms with Crippen LogP contribution in [0.1, 0.15) is 11.1 Å². The zero-order valence-corrected chi connectivity index (χ0v) is 16.8. The maximum Gasteiger partial charge on any atom is 0.193 e. The average Bonchev–Trinajstić information content (AvgIpc) is 2.71. The lowest BCUT2D eigenvalue weighted by Crippen LogP contribution is -2.39. The van der Waals surface area contributed by atoms with E-state index in [1.165, 1.54) is 5.56 Å². The molecule has 1 N–H and O–H groups in total. The Bertz CT molecular complexity index is 723. The number of ether oxygens (including phenoxy) is 3. The predicted molar refractivity (Wildman–Crippen MR) is 109 cm³/mol. The fourth-order valence-electron chi connectivity index (χ4n) is 2.94. The normalized spacial score (nSPS) is 11.1. The number of hydrogen-bond acceptors (Lipinski definition) is 4. The maximum absolute atomic E-state index is 5.51. The van der Waals surface area contributed by atoms with E-state index in [0.717, 1.165) is 36.0 Å². The van der Waals surface area contributed by atoms with Crippen molar-refractivity contribution in [2.75, 3.05) is 42.0 Å². The first kappa shape index (κ1) is 20.4. The van der Waals surface area contributed by atoms with Gasteiger partial charge in [-0.25, -0.2) is 0 Å². The summed E-state index contributed by atoms with van der Waals surface area (Å²) in [6.45, 7) is 1.49. The molecule has 0 radical (unpaired) electrons. The van der Waals surface area contributed by atoms with E-state index in [2.05, 4.69) is 27.3 Å². The summed E-state index contributed by atoms with van der Waals surface area (Å²) in [5.41, 5.74) is 2.23. The van der Waals surface area contributed by atoms with Gasteiger partial charge in [-0.05, 0) is 12.0 Å². The molecule has 146 valence electrons. The topological polar surface area (TPSA) is 55.3 Å². The van der Waals surface area contributed by atoms with Crippen molar-refractivity contribution in [3.05, 3.63) is 53.6 Å². The van der Waals surface area contributed by atoms with Crippen LogP contribution in [0, 0.1) is 0 Å². The first-order valence-corrected chi connectivity index (χ1v) is 8.87. The van der Waals surface area contributed by atoms with Gasteiger partial charge in [-0.15, -0.1) is 0 Å². The van der Waals surface area contributed by atoms with Crippen molar-refractivity contribution in [2.24, 2.45) is 4.99 Å². The minimum atomic E-state index is 0.699. The minimum Gasteiger partial charge on any atom is -0.496 e. The third kappa shape index (κ3) is 5.54. The third-order valence-corrected chi connectivity index (χ3v) is 4.31. The number of rotatable bonds is 8. The number of benzene rings is 2. The average molecular weight is 371 g/mol. The van der Waals surface area contributed by atoms with E-state index >= 15 is 0 Å². The number of nitrogens with zero attached hydrogens (tertiary/aromatic N) is 2. The molecule has 2 aromatic carbocycles. The number of aliphatic imine (C=N–C) groups is 1. The number of hydrogen-bond donors (Lipinski definition) is 1. The Morgan fingerprint density at radius 1 is 1.00 bits per heavy atom. The molecule has 0 spiro atoms. The quantitative estimate of drug-likeness (QED) is 0.571. The molecule has 0 fully saturated rings. The molecule has 0 aliphatic heterocycles. The summed E-state index contributed by atoms with van der Waals surface area (Å²) in [4.78, 5) is 6.47. The van der Waals surface area contributed by atoms with Crippen molar-refractivity contribution in [1.29, 1.82) is 0 Å². The van der Waals surface area contributed by atoms with Crippen molar-refractivity contribution in [3.63, 3.8) is 0 Å². The summed E-state index contributed by atoms with van der Waals surface area (Å²) in [6.07, 6.45) is 0.731. The molecule has 0 bridgehead atoms. The van der Waals surface area contributed by atoms with Crippen LogP contribution in [-0.2, 0) is 13.0 Å². The van der Waals surface area contributed by atoms with E-state index in [1.54, 1.807) is 28.4 Å². The van der Waals surface area contributed by atoms with Gasteiger partial charge < -0.3 is 24.4 Å². The fourth-order valence-corrected chi connectivity index (χ4v) is 2.94. The largest absolute Gasteiger partial charge is 0.496 e. The molecule has 27 heavy (non-hydrogen) atoms. The molecule has 0 aliphatic carbocycles. The second-order valence-corrected chi connectivity index (χ2v) is 6.08. The Hall–Kier alpha value is -2.89. The lowest BCUT2D eigenvalue weighted by atomic mass is 10.1. The summed E-state index contributed by atoms with van der Waals surface area (Å²) in [7, 11) is 8.74. The molecule has 0 saturated heterocycles. The first-order valence-electron chi connectivity index (χ1n) is 8.87. The molecule has 6 nitrogen and oxygen atoms in total. The highest BCUT2D eigenvalue weighted by Crippen LogP contribution is 2.34. The molecule has 0 saturated carbocycles. The molecular formula is C21H29N3O3. The van der Waals surface area contributed by atoms with Gasteiger partial charge in [0.2, 0.25) is 0 Å². The van der Waals surface area contributed by atoms with Gasteiger partial charge in [0.15, 0.2) is 5.96 Å². The van der Waals surface area contributed by atoms with Crippen LogP contribution in [0.5, 0.6) is 17.2 Å². The predicted octanol–water partition coefficient (Wildman–Crippen LogP) is 2.96. The van der Waals surface area contributed by atoms with Gasteiger partial charge in [-0.3, -0.25) is 4.99 Å². The van der Waals surface area contributed by atoms with Crippen molar-refractivity contribution in [3.8, 4) is 17.2 Å². The van der Waals surface area contributed by atoms with Crippen LogP contribution in [0.4, 0.5) is 0 Å². The van der Waals surface area contributed by atoms with Crippen LogP contribution in [0.15, 0.2) is 47.5 Å². The molecule has 0 amide bonds. The molecule has 0 unspecified atom stereocenters. The van der Waals surface area contributed by atoms with Crippen LogP contribution >= 0.6 is 0 Å². The van der Waals surface area contributed by atoms with Crippen LogP contribution in [0.25, 0.3) is 0 Å². The van der Waals surface area contributed by atoms with E-state index in [1.807, 2.05) is 37.4 Å². The van der Waals surface area contributed by atoms with Gasteiger partial charge in [0.1, 0.15) is 17.2 Å². The summed E-state index contributed by atoms with van der Waals surface area (Å²) >= 11 is 0. The Morgan fingerprint density at radius 3 is 2.15 bits per heavy atom. The van der Waals surface area contributed by atoms with E-state index in [-0.39, 0.29) is 0 Å². The standard InChI is InChI=1S/C21H29N3O3/c1-22-21(24(2)15-16-9-7-6-8-10-16)23-12-11-18-19(26-4)13-17(25-3)14-20(18)27-5/h6-10,13-14H,11-12,15H2,1-5H3,(H,22,23). The Kier molecular flexibility index (Phi) is 7.79. The van der Waals surface area contributed by atoms with E-state index in [0.29, 0.717) is 12.3 Å². The monoisotopic (exact) mass is 371 g/mol. The van der Waals surface area contributed by atoms with E-state index in [9.17, 15) is 0 Å². The van der Waals surface area contributed by atoms with Crippen molar-refractivity contribution >= 4 is 5.96 Å². The lowest BCUT2D eigenvalue weighted by molar-refractivity contribution is 0.368. The van der Waals surface area contributed by atoms with Crippen LogP contribution in [0.2, 0.25) is 0 Å². The van der Waals surface area contributed by atoms with E-state index < -0.39 is 0 Å².